The molecule has 0 bridgehead atoms. The molecule has 74 valence electrons. The normalized spacial score (nSPS) is 19.4. The van der Waals surface area contributed by atoms with Crippen LogP contribution in [0.5, 0.6) is 0 Å². The monoisotopic (exact) mass is 191 g/mol. The third-order valence-corrected chi connectivity index (χ3v) is 2.34. The molecule has 14 heavy (non-hydrogen) atoms. The molecule has 1 aromatic carbocycles. The van der Waals surface area contributed by atoms with Crippen molar-refractivity contribution >= 4 is 11.7 Å². The summed E-state index contributed by atoms with van der Waals surface area (Å²) in [5.41, 5.74) is 2.15. The Morgan fingerprint density at radius 2 is 2.29 bits per heavy atom. The van der Waals surface area contributed by atoms with Gasteiger partial charge < -0.3 is 10.1 Å². The molecule has 1 aliphatic heterocycles. The smallest absolute Gasteiger partial charge is 0.303 e. The molecular formula is C11H13NO2. The van der Waals surface area contributed by atoms with Gasteiger partial charge in [-0.1, -0.05) is 18.2 Å². The lowest BCUT2D eigenvalue weighted by Crippen LogP contribution is -2.20. The Hall–Kier alpha value is -1.51. The van der Waals surface area contributed by atoms with Crippen molar-refractivity contribution in [3.63, 3.8) is 0 Å². The number of anilines is 1. The number of nitrogens with one attached hydrogen (secondary N) is 1. The highest BCUT2D eigenvalue weighted by molar-refractivity contribution is 5.67. The minimum atomic E-state index is -0.216. The number of carbonyl (C=O) groups excluding carboxylic acids is 1. The van der Waals surface area contributed by atoms with Gasteiger partial charge in [0.15, 0.2) is 0 Å². The van der Waals surface area contributed by atoms with E-state index in [1.807, 2.05) is 24.3 Å². The number of fused-ring (bicyclic) bond motifs is 1. The molecule has 0 aromatic heterocycles. The van der Waals surface area contributed by atoms with E-state index in [0.29, 0.717) is 0 Å². The summed E-state index contributed by atoms with van der Waals surface area (Å²) in [7, 11) is 0. The van der Waals surface area contributed by atoms with E-state index in [1.54, 1.807) is 0 Å². The predicted octanol–water partition coefficient (Wildman–Crippen LogP) is 2.11. The van der Waals surface area contributed by atoms with Crippen molar-refractivity contribution in [2.24, 2.45) is 0 Å². The average molecular weight is 191 g/mol. The van der Waals surface area contributed by atoms with Gasteiger partial charge in [0, 0.05) is 31.1 Å². The molecular weight excluding hydrogens is 178 g/mol. The number of ether oxygens (including phenoxy) is 1. The Balaban J connectivity index is 2.26. The van der Waals surface area contributed by atoms with E-state index < -0.39 is 0 Å². The van der Waals surface area contributed by atoms with E-state index in [9.17, 15) is 4.79 Å². The second-order valence-electron chi connectivity index (χ2n) is 3.40. The zero-order valence-electron chi connectivity index (χ0n) is 8.12. The largest absolute Gasteiger partial charge is 0.458 e. The highest BCUT2D eigenvalue weighted by atomic mass is 16.5. The van der Waals surface area contributed by atoms with Crippen molar-refractivity contribution in [3.05, 3.63) is 29.8 Å². The van der Waals surface area contributed by atoms with Gasteiger partial charge in [-0.15, -0.1) is 0 Å². The van der Waals surface area contributed by atoms with Crippen LogP contribution in [0.3, 0.4) is 0 Å². The first-order valence-electron chi connectivity index (χ1n) is 4.77. The summed E-state index contributed by atoms with van der Waals surface area (Å²) >= 11 is 0. The fourth-order valence-corrected chi connectivity index (χ4v) is 1.75. The van der Waals surface area contributed by atoms with Crippen LogP contribution < -0.4 is 5.32 Å². The van der Waals surface area contributed by atoms with Gasteiger partial charge in [-0.2, -0.15) is 0 Å². The Morgan fingerprint density at radius 1 is 1.50 bits per heavy atom. The lowest BCUT2D eigenvalue weighted by molar-refractivity contribution is -0.147. The summed E-state index contributed by atoms with van der Waals surface area (Å²) in [6.07, 6.45) is 0.765. The van der Waals surface area contributed by atoms with Crippen LogP contribution in [0.15, 0.2) is 24.3 Å². The molecule has 0 spiro atoms. The summed E-state index contributed by atoms with van der Waals surface area (Å²) in [6.45, 7) is 2.31. The SMILES string of the molecule is CC(=O)OC1CCNc2ccccc21. The van der Waals surface area contributed by atoms with Gasteiger partial charge in [0.05, 0.1) is 0 Å². The number of para-hydroxylation sites is 1. The molecule has 0 aliphatic carbocycles. The molecule has 0 fully saturated rings. The van der Waals surface area contributed by atoms with Crippen LogP contribution in [0.1, 0.15) is 25.0 Å². The first-order chi connectivity index (χ1) is 6.77. The molecule has 1 aromatic rings. The predicted molar refractivity (Wildman–Crippen MR) is 54.1 cm³/mol. The maximum atomic E-state index is 10.9. The molecule has 0 amide bonds. The first-order valence-corrected chi connectivity index (χ1v) is 4.77. The molecule has 1 unspecified atom stereocenters. The Kier molecular flexibility index (Phi) is 2.39. The Labute approximate surface area is 83.1 Å². The van der Waals surface area contributed by atoms with Crippen molar-refractivity contribution in [2.75, 3.05) is 11.9 Å². The number of hydrogen-bond donors (Lipinski definition) is 1. The lowest BCUT2D eigenvalue weighted by atomic mass is 10.0. The van der Waals surface area contributed by atoms with Gasteiger partial charge in [0.2, 0.25) is 0 Å². The van der Waals surface area contributed by atoms with Gasteiger partial charge in [0.25, 0.3) is 0 Å². The number of carbonyl (C=O) groups is 1. The average Bonchev–Trinajstić information content (AvgIpc) is 2.18. The van der Waals surface area contributed by atoms with Gasteiger partial charge in [0.1, 0.15) is 6.10 Å². The van der Waals surface area contributed by atoms with Crippen molar-refractivity contribution in [1.29, 1.82) is 0 Å². The van der Waals surface area contributed by atoms with E-state index in [1.165, 1.54) is 6.92 Å². The third kappa shape index (κ3) is 1.71. The summed E-state index contributed by atoms with van der Waals surface area (Å²) in [6, 6.07) is 7.93. The van der Waals surface area contributed by atoms with Crippen LogP contribution in [0.2, 0.25) is 0 Å². The molecule has 3 nitrogen and oxygen atoms in total. The third-order valence-electron chi connectivity index (χ3n) is 2.34. The highest BCUT2D eigenvalue weighted by Gasteiger charge is 2.21. The second kappa shape index (κ2) is 3.70. The Morgan fingerprint density at radius 3 is 3.07 bits per heavy atom. The van der Waals surface area contributed by atoms with Crippen molar-refractivity contribution in [2.45, 2.75) is 19.4 Å². The van der Waals surface area contributed by atoms with E-state index in [0.717, 1.165) is 24.2 Å². The minimum absolute atomic E-state index is 0.0788. The maximum Gasteiger partial charge on any atom is 0.303 e. The quantitative estimate of drug-likeness (QED) is 0.691. The summed E-state index contributed by atoms with van der Waals surface area (Å²) in [4.78, 5) is 10.9. The molecule has 1 N–H and O–H groups in total. The molecule has 0 saturated carbocycles. The second-order valence-corrected chi connectivity index (χ2v) is 3.40. The van der Waals surface area contributed by atoms with Crippen molar-refractivity contribution in [1.82, 2.24) is 0 Å². The summed E-state index contributed by atoms with van der Waals surface area (Å²) in [5.74, 6) is -0.216. The zero-order valence-corrected chi connectivity index (χ0v) is 8.12. The van der Waals surface area contributed by atoms with Crippen LogP contribution in [0, 0.1) is 0 Å². The van der Waals surface area contributed by atoms with Gasteiger partial charge in [-0.25, -0.2) is 0 Å². The van der Waals surface area contributed by atoms with Crippen LogP contribution in [0.4, 0.5) is 5.69 Å². The van der Waals surface area contributed by atoms with Gasteiger partial charge >= 0.3 is 5.97 Å². The molecule has 0 radical (unpaired) electrons. The Bertz CT molecular complexity index is 349. The van der Waals surface area contributed by atoms with Crippen LogP contribution in [-0.4, -0.2) is 12.5 Å². The lowest BCUT2D eigenvalue weighted by Gasteiger charge is -2.25. The van der Waals surface area contributed by atoms with Crippen LogP contribution in [-0.2, 0) is 9.53 Å². The highest BCUT2D eigenvalue weighted by Crippen LogP contribution is 2.31. The molecule has 0 saturated heterocycles. The fourth-order valence-electron chi connectivity index (χ4n) is 1.75. The minimum Gasteiger partial charge on any atom is -0.458 e. The maximum absolute atomic E-state index is 10.9. The van der Waals surface area contributed by atoms with Crippen LogP contribution in [0.25, 0.3) is 0 Å². The molecule has 2 rings (SSSR count). The number of rotatable bonds is 1. The zero-order chi connectivity index (χ0) is 9.97. The van der Waals surface area contributed by atoms with E-state index in [2.05, 4.69) is 5.32 Å². The number of esters is 1. The van der Waals surface area contributed by atoms with E-state index >= 15 is 0 Å². The molecule has 1 aliphatic rings. The number of benzene rings is 1. The summed E-state index contributed by atoms with van der Waals surface area (Å²) < 4.78 is 5.24. The van der Waals surface area contributed by atoms with E-state index in [4.69, 9.17) is 4.74 Å². The van der Waals surface area contributed by atoms with Crippen molar-refractivity contribution in [3.8, 4) is 0 Å². The van der Waals surface area contributed by atoms with Gasteiger partial charge in [-0.3, -0.25) is 4.79 Å². The topological polar surface area (TPSA) is 38.3 Å². The fraction of sp³-hybridized carbons (Fsp3) is 0.364. The first kappa shape index (κ1) is 9.06. The number of hydrogen-bond acceptors (Lipinski definition) is 3. The van der Waals surface area contributed by atoms with Crippen molar-refractivity contribution < 1.29 is 9.53 Å². The standard InChI is InChI=1S/C11H13NO2/c1-8(13)14-11-6-7-12-10-5-3-2-4-9(10)11/h2-5,11-12H,6-7H2,1H3. The molecule has 3 heteroatoms. The summed E-state index contributed by atoms with van der Waals surface area (Å²) in [5, 5.41) is 3.27. The van der Waals surface area contributed by atoms with Crippen LogP contribution >= 0.6 is 0 Å². The van der Waals surface area contributed by atoms with Gasteiger partial charge in [-0.05, 0) is 6.07 Å². The van der Waals surface area contributed by atoms with E-state index in [-0.39, 0.29) is 12.1 Å². The molecule has 1 atom stereocenters. The molecule has 1 heterocycles.